The molecular weight excluding hydrogens is 330 g/mol. The number of hydroxylamine groups is 2. The topological polar surface area (TPSA) is 84.2 Å². The van der Waals surface area contributed by atoms with Crippen LogP contribution in [0.1, 0.15) is 5.56 Å². The molecule has 4 N–H and O–H groups in total. The van der Waals surface area contributed by atoms with Crippen LogP contribution in [0.2, 0.25) is 15.1 Å². The van der Waals surface area contributed by atoms with E-state index in [0.29, 0.717) is 6.54 Å². The minimum absolute atomic E-state index is 0.0601. The molecule has 1 aromatic rings. The Bertz CT molecular complexity index is 506. The normalized spacial score (nSPS) is 12.2. The highest BCUT2D eigenvalue weighted by atomic mass is 35.5. The summed E-state index contributed by atoms with van der Waals surface area (Å²) in [7, 11) is 2.72. The number of benzene rings is 1. The van der Waals surface area contributed by atoms with Gasteiger partial charge in [-0.2, -0.15) is 10.4 Å². The fraction of sp³-hybridized carbons (Fsp3) is 0.455. The first-order valence-corrected chi connectivity index (χ1v) is 6.74. The summed E-state index contributed by atoms with van der Waals surface area (Å²) in [5.74, 6) is -0.479. The summed E-state index contributed by atoms with van der Waals surface area (Å²) in [4.78, 5) is 0.0580. The van der Waals surface area contributed by atoms with Crippen molar-refractivity contribution in [3.8, 4) is 5.75 Å². The summed E-state index contributed by atoms with van der Waals surface area (Å²) in [5, 5.41) is 37.6. The number of aliphatic hydroxyl groups is 1. The summed E-state index contributed by atoms with van der Waals surface area (Å²) < 4.78 is 0. The Hall–Kier alpha value is -0.310. The molecule has 0 amide bonds. The van der Waals surface area contributed by atoms with Crippen molar-refractivity contribution in [1.29, 1.82) is 0 Å². The molecule has 0 radical (unpaired) electrons. The molecule has 1 rings (SSSR count). The second kappa shape index (κ2) is 6.64. The Morgan fingerprint density at radius 1 is 1.10 bits per heavy atom. The molecule has 0 atom stereocenters. The van der Waals surface area contributed by atoms with Gasteiger partial charge in [-0.3, -0.25) is 4.90 Å². The molecule has 1 aromatic carbocycles. The highest BCUT2D eigenvalue weighted by Crippen LogP contribution is 2.48. The average Bonchev–Trinajstić information content (AvgIpc) is 2.31. The summed E-state index contributed by atoms with van der Waals surface area (Å²) in [6.45, 7) is 0.484. The van der Waals surface area contributed by atoms with E-state index in [1.54, 1.807) is 11.9 Å². The fourth-order valence-corrected chi connectivity index (χ4v) is 2.87. The number of likely N-dealkylation sites (N-methyl/N-ethyl adjacent to an activating group) is 1. The van der Waals surface area contributed by atoms with Crippen LogP contribution >= 0.6 is 34.8 Å². The van der Waals surface area contributed by atoms with Gasteiger partial charge >= 0.3 is 0 Å². The van der Waals surface area contributed by atoms with Crippen LogP contribution in [-0.2, 0) is 6.54 Å². The lowest BCUT2D eigenvalue weighted by Gasteiger charge is -2.23. The number of phenols is 1. The fourth-order valence-electron chi connectivity index (χ4n) is 1.72. The molecule has 0 aromatic heterocycles. The van der Waals surface area contributed by atoms with E-state index < -0.39 is 10.6 Å². The molecular formula is C11H16Cl3N2O4+. The number of hydrogen-bond acceptors (Lipinski definition) is 5. The lowest BCUT2D eigenvalue weighted by Crippen LogP contribution is -2.37. The van der Waals surface area contributed by atoms with Crippen molar-refractivity contribution in [3.05, 3.63) is 20.6 Å². The van der Waals surface area contributed by atoms with Crippen molar-refractivity contribution < 1.29 is 20.6 Å². The predicted octanol–water partition coefficient (Wildman–Crippen LogP) is 2.49. The number of aromatic hydroxyl groups is 1. The van der Waals surface area contributed by atoms with E-state index in [1.807, 2.05) is 0 Å². The first-order valence-electron chi connectivity index (χ1n) is 5.61. The van der Waals surface area contributed by atoms with Gasteiger partial charge in [-0.15, -0.1) is 0 Å². The van der Waals surface area contributed by atoms with E-state index in [9.17, 15) is 15.5 Å². The highest BCUT2D eigenvalue weighted by Gasteiger charge is 2.34. The molecule has 6 nitrogen and oxygen atoms in total. The number of halogens is 3. The molecule has 0 aliphatic carbocycles. The third-order valence-electron chi connectivity index (χ3n) is 2.69. The molecule has 0 aliphatic rings. The lowest BCUT2D eigenvalue weighted by molar-refractivity contribution is -0.272. The first-order chi connectivity index (χ1) is 9.11. The zero-order chi connectivity index (χ0) is 15.7. The Kier molecular flexibility index (Phi) is 5.89. The minimum atomic E-state index is -1.64. The summed E-state index contributed by atoms with van der Waals surface area (Å²) in [5.41, 5.74) is 0.0104. The van der Waals surface area contributed by atoms with Crippen LogP contribution in [0.15, 0.2) is 0 Å². The van der Waals surface area contributed by atoms with Crippen LogP contribution in [0, 0.1) is 0 Å². The number of nitrogens with zero attached hydrogens (tertiary/aromatic N) is 2. The van der Waals surface area contributed by atoms with E-state index in [4.69, 9.17) is 39.9 Å². The molecule has 20 heavy (non-hydrogen) atoms. The third kappa shape index (κ3) is 3.66. The molecule has 0 bridgehead atoms. The van der Waals surface area contributed by atoms with Crippen LogP contribution in [-0.4, -0.2) is 52.8 Å². The minimum Gasteiger partial charge on any atom is -0.505 e. The van der Waals surface area contributed by atoms with E-state index in [-0.39, 0.29) is 39.5 Å². The second-order valence-corrected chi connectivity index (χ2v) is 5.63. The lowest BCUT2D eigenvalue weighted by atomic mass is 10.1. The van der Waals surface area contributed by atoms with Crippen LogP contribution in [0.4, 0.5) is 5.69 Å². The molecule has 0 fully saturated rings. The smallest absolute Gasteiger partial charge is 0.240 e. The maximum absolute atomic E-state index is 9.88. The Morgan fingerprint density at radius 3 is 2.10 bits per heavy atom. The highest BCUT2D eigenvalue weighted by molar-refractivity contribution is 6.44. The number of hydrogen-bond donors (Lipinski definition) is 4. The first kappa shape index (κ1) is 17.7. The van der Waals surface area contributed by atoms with Gasteiger partial charge in [0.15, 0.2) is 10.8 Å². The summed E-state index contributed by atoms with van der Waals surface area (Å²) in [6, 6.07) is 0. The van der Waals surface area contributed by atoms with Gasteiger partial charge < -0.3 is 10.2 Å². The van der Waals surface area contributed by atoms with E-state index in [2.05, 4.69) is 0 Å². The van der Waals surface area contributed by atoms with Gasteiger partial charge in [0.1, 0.15) is 12.1 Å². The maximum atomic E-state index is 9.88. The molecule has 0 aliphatic heterocycles. The number of phenolic OH excluding ortho intramolecular Hbond substituents is 1. The predicted molar refractivity (Wildman–Crippen MR) is 77.8 cm³/mol. The molecule has 114 valence electrons. The molecule has 0 spiro atoms. The van der Waals surface area contributed by atoms with Crippen molar-refractivity contribution in [2.45, 2.75) is 6.54 Å². The van der Waals surface area contributed by atoms with E-state index in [0.717, 1.165) is 7.05 Å². The molecule has 0 unspecified atom stereocenters. The molecule has 9 heteroatoms. The Balaban J connectivity index is 3.42. The van der Waals surface area contributed by atoms with Gasteiger partial charge in [0.2, 0.25) is 5.69 Å². The zero-order valence-corrected chi connectivity index (χ0v) is 13.2. The largest absolute Gasteiger partial charge is 0.505 e. The van der Waals surface area contributed by atoms with Gasteiger partial charge in [0, 0.05) is 18.7 Å². The SMILES string of the molecule is CN(CCO)Cc1c(Cl)c(O)c(Cl)c([N+](C)(O)O)c1Cl. The van der Waals surface area contributed by atoms with Gasteiger partial charge in [-0.25, -0.2) is 0 Å². The third-order valence-corrected chi connectivity index (χ3v) is 3.87. The van der Waals surface area contributed by atoms with Crippen molar-refractivity contribution >= 4 is 40.5 Å². The molecule has 0 heterocycles. The van der Waals surface area contributed by atoms with Crippen LogP contribution in [0.5, 0.6) is 5.75 Å². The van der Waals surface area contributed by atoms with Crippen molar-refractivity contribution in [2.75, 3.05) is 27.2 Å². The number of aliphatic hydroxyl groups excluding tert-OH is 1. The van der Waals surface area contributed by atoms with Crippen molar-refractivity contribution in [2.24, 2.45) is 0 Å². The van der Waals surface area contributed by atoms with E-state index >= 15 is 0 Å². The van der Waals surface area contributed by atoms with Gasteiger partial charge in [-0.05, 0) is 11.9 Å². The van der Waals surface area contributed by atoms with Crippen LogP contribution < -0.4 is 4.81 Å². The summed E-state index contributed by atoms with van der Waals surface area (Å²) >= 11 is 18.0. The number of quaternary nitrogens is 1. The van der Waals surface area contributed by atoms with E-state index in [1.165, 1.54) is 0 Å². The average molecular weight is 347 g/mol. The second-order valence-electron chi connectivity index (χ2n) is 4.49. The van der Waals surface area contributed by atoms with Gasteiger partial charge in [-0.1, -0.05) is 34.8 Å². The monoisotopic (exact) mass is 345 g/mol. The maximum Gasteiger partial charge on any atom is 0.240 e. The Morgan fingerprint density at radius 2 is 1.65 bits per heavy atom. The van der Waals surface area contributed by atoms with Gasteiger partial charge in [0.05, 0.1) is 11.6 Å². The quantitative estimate of drug-likeness (QED) is 0.486. The zero-order valence-electron chi connectivity index (χ0n) is 10.9. The van der Waals surface area contributed by atoms with Crippen molar-refractivity contribution in [3.63, 3.8) is 0 Å². The van der Waals surface area contributed by atoms with Crippen LogP contribution in [0.3, 0.4) is 0 Å². The Labute approximate surface area is 131 Å². The van der Waals surface area contributed by atoms with Crippen molar-refractivity contribution in [1.82, 2.24) is 9.71 Å². The van der Waals surface area contributed by atoms with Crippen LogP contribution in [0.25, 0.3) is 0 Å². The molecule has 0 saturated heterocycles. The number of rotatable bonds is 5. The summed E-state index contributed by atoms with van der Waals surface area (Å²) in [6.07, 6.45) is 0. The van der Waals surface area contributed by atoms with Gasteiger partial charge in [0.25, 0.3) is 0 Å². The molecule has 0 saturated carbocycles. The standard InChI is InChI=1S/C11H15Cl3N2O4/c1-15(3-4-17)5-6-7(12)10(16(2,19)20)9(14)11(18)8(6)13/h17,19-20H,3-5H2,1-2H3/p+1.